The first-order valence-corrected chi connectivity index (χ1v) is 11.0. The van der Waals surface area contributed by atoms with Gasteiger partial charge in [-0.05, 0) is 27.3 Å². The van der Waals surface area contributed by atoms with Crippen molar-refractivity contribution in [2.24, 2.45) is 5.16 Å². The smallest absolute Gasteiger partial charge is 0.361 e. The van der Waals surface area contributed by atoms with E-state index in [2.05, 4.69) is 40.4 Å². The SMILES string of the molecule is O=C1ON=C(C(F)(F)F)/C1=C/c1ccc(N2CCN(SI)CC2)s1. The molecule has 0 saturated carbocycles. The van der Waals surface area contributed by atoms with Crippen LogP contribution in [0.2, 0.25) is 0 Å². The lowest BCUT2D eigenvalue weighted by Gasteiger charge is -2.33. The van der Waals surface area contributed by atoms with E-state index in [0.29, 0.717) is 4.88 Å². The monoisotopic (exact) mass is 489 g/mol. The number of anilines is 1. The summed E-state index contributed by atoms with van der Waals surface area (Å²) in [5, 5.41) is 3.81. The molecule has 11 heteroatoms. The molecule has 1 aromatic heterocycles. The van der Waals surface area contributed by atoms with Crippen molar-refractivity contribution in [2.45, 2.75) is 6.18 Å². The van der Waals surface area contributed by atoms with Gasteiger partial charge in [-0.3, -0.25) is 0 Å². The highest BCUT2D eigenvalue weighted by molar-refractivity contribution is 14.2. The van der Waals surface area contributed by atoms with Crippen molar-refractivity contribution in [1.29, 1.82) is 0 Å². The number of carbonyl (C=O) groups excluding carboxylic acids is 1. The molecule has 1 fully saturated rings. The van der Waals surface area contributed by atoms with Crippen LogP contribution in [0.1, 0.15) is 4.88 Å². The van der Waals surface area contributed by atoms with Crippen LogP contribution in [0.5, 0.6) is 0 Å². The molecule has 3 rings (SSSR count). The molecule has 0 atom stereocenters. The summed E-state index contributed by atoms with van der Waals surface area (Å²) in [4.78, 5) is 18.4. The van der Waals surface area contributed by atoms with E-state index in [1.807, 2.05) is 6.07 Å². The van der Waals surface area contributed by atoms with Gasteiger partial charge >= 0.3 is 12.1 Å². The first-order chi connectivity index (χ1) is 11.4. The van der Waals surface area contributed by atoms with E-state index >= 15 is 0 Å². The molecule has 0 bridgehead atoms. The predicted octanol–water partition coefficient (Wildman–Crippen LogP) is 3.73. The van der Waals surface area contributed by atoms with E-state index in [9.17, 15) is 18.0 Å². The maximum Gasteiger partial charge on any atom is 0.437 e. The molecule has 3 heterocycles. The van der Waals surface area contributed by atoms with E-state index in [1.165, 1.54) is 17.4 Å². The van der Waals surface area contributed by atoms with Crippen molar-refractivity contribution < 1.29 is 22.8 Å². The topological polar surface area (TPSA) is 45.1 Å². The van der Waals surface area contributed by atoms with Crippen molar-refractivity contribution in [2.75, 3.05) is 31.1 Å². The van der Waals surface area contributed by atoms with Crippen molar-refractivity contribution in [3.63, 3.8) is 0 Å². The van der Waals surface area contributed by atoms with Crippen LogP contribution in [-0.2, 0) is 9.63 Å². The minimum absolute atomic E-state index is 0.554. The third-order valence-corrected chi connectivity index (χ3v) is 6.84. The molecule has 1 saturated heterocycles. The molecule has 0 spiro atoms. The van der Waals surface area contributed by atoms with Gasteiger partial charge in [0.15, 0.2) is 5.71 Å². The van der Waals surface area contributed by atoms with Gasteiger partial charge in [0.25, 0.3) is 0 Å². The Labute approximate surface area is 156 Å². The molecule has 0 aliphatic carbocycles. The second-order valence-corrected chi connectivity index (χ2v) is 7.97. The average Bonchev–Trinajstić information content (AvgIpc) is 3.15. The molecule has 1 aromatic rings. The largest absolute Gasteiger partial charge is 0.437 e. The van der Waals surface area contributed by atoms with Crippen LogP contribution >= 0.6 is 41.7 Å². The highest BCUT2D eigenvalue weighted by Gasteiger charge is 2.45. The Kier molecular flexibility index (Phi) is 5.42. The highest BCUT2D eigenvalue weighted by atomic mass is 127. The Bertz CT molecular complexity index is 697. The zero-order valence-electron chi connectivity index (χ0n) is 12.0. The summed E-state index contributed by atoms with van der Waals surface area (Å²) in [5.74, 6) is -1.08. The van der Waals surface area contributed by atoms with E-state index < -0.39 is 23.4 Å². The number of halogens is 4. The van der Waals surface area contributed by atoms with E-state index in [1.54, 1.807) is 15.2 Å². The number of hydrogen-bond donors (Lipinski definition) is 0. The third-order valence-electron chi connectivity index (χ3n) is 3.51. The van der Waals surface area contributed by atoms with Crippen LogP contribution in [-0.4, -0.2) is 48.3 Å². The number of alkyl halides is 3. The number of nitrogens with zero attached hydrogens (tertiary/aromatic N) is 3. The summed E-state index contributed by atoms with van der Waals surface area (Å²) in [6.45, 7) is 3.53. The zero-order valence-corrected chi connectivity index (χ0v) is 15.8. The minimum atomic E-state index is -4.72. The lowest BCUT2D eigenvalue weighted by molar-refractivity contribution is -0.136. The first kappa shape index (κ1) is 18.0. The number of oxime groups is 1. The summed E-state index contributed by atoms with van der Waals surface area (Å²) in [5.41, 5.74) is -1.84. The van der Waals surface area contributed by atoms with Crippen LogP contribution in [0.3, 0.4) is 0 Å². The molecular weight excluding hydrogens is 478 g/mol. The maximum atomic E-state index is 12.8. The van der Waals surface area contributed by atoms with Crippen LogP contribution in [0.4, 0.5) is 18.2 Å². The van der Waals surface area contributed by atoms with Crippen molar-refractivity contribution in [1.82, 2.24) is 4.31 Å². The van der Waals surface area contributed by atoms with Gasteiger partial charge in [-0.1, -0.05) is 5.16 Å². The summed E-state index contributed by atoms with van der Waals surface area (Å²) in [6.07, 6.45) is -3.53. The molecule has 24 heavy (non-hydrogen) atoms. The van der Waals surface area contributed by atoms with Gasteiger partial charge in [0.2, 0.25) is 0 Å². The van der Waals surface area contributed by atoms with Crippen LogP contribution < -0.4 is 4.90 Å². The fraction of sp³-hybridized carbons (Fsp3) is 0.385. The normalized spacial score (nSPS) is 21.3. The van der Waals surface area contributed by atoms with Crippen LogP contribution in [0.25, 0.3) is 6.08 Å². The van der Waals surface area contributed by atoms with Crippen molar-refractivity contribution in [3.05, 3.63) is 22.6 Å². The summed E-state index contributed by atoms with van der Waals surface area (Å²) < 4.78 is 40.8. The standard InChI is InChI=1S/C13H11F3IN3O2S2/c14-13(15,16)11-9(12(21)22-18-11)7-8-1-2-10(23-8)19-3-5-20(24-17)6-4-19/h1-2,7H,3-6H2/b9-7-. The van der Waals surface area contributed by atoms with E-state index in [0.717, 1.165) is 31.2 Å². The molecule has 5 nitrogen and oxygen atoms in total. The van der Waals surface area contributed by atoms with E-state index in [4.69, 9.17) is 0 Å². The van der Waals surface area contributed by atoms with Gasteiger partial charge in [0.1, 0.15) is 0 Å². The molecule has 0 radical (unpaired) electrons. The average molecular weight is 489 g/mol. The molecule has 0 amide bonds. The van der Waals surface area contributed by atoms with Gasteiger partial charge in [0, 0.05) is 52.3 Å². The summed E-state index contributed by atoms with van der Waals surface area (Å²) in [6, 6.07) is 3.56. The van der Waals surface area contributed by atoms with Crippen LogP contribution in [0.15, 0.2) is 22.9 Å². The molecule has 2 aliphatic heterocycles. The van der Waals surface area contributed by atoms with Gasteiger partial charge in [-0.15, -0.1) is 11.3 Å². The fourth-order valence-corrected chi connectivity index (χ4v) is 4.81. The molecule has 0 unspecified atom stereocenters. The predicted molar refractivity (Wildman–Crippen MR) is 97.3 cm³/mol. The third kappa shape index (κ3) is 3.89. The zero-order chi connectivity index (χ0) is 17.3. The number of thiophene rings is 1. The number of hydrogen-bond acceptors (Lipinski definition) is 7. The molecule has 0 aromatic carbocycles. The second-order valence-electron chi connectivity index (χ2n) is 5.04. The van der Waals surface area contributed by atoms with Gasteiger partial charge < -0.3 is 9.74 Å². The molecule has 130 valence electrons. The molecule has 2 aliphatic rings. The lowest BCUT2D eigenvalue weighted by Crippen LogP contribution is -2.42. The van der Waals surface area contributed by atoms with Gasteiger partial charge in [-0.2, -0.15) is 13.2 Å². The number of rotatable bonds is 3. The Morgan fingerprint density at radius 3 is 2.62 bits per heavy atom. The Morgan fingerprint density at radius 1 is 1.29 bits per heavy atom. The van der Waals surface area contributed by atoms with Gasteiger partial charge in [-0.25, -0.2) is 9.10 Å². The molecule has 0 N–H and O–H groups in total. The quantitative estimate of drug-likeness (QED) is 0.281. The minimum Gasteiger partial charge on any atom is -0.361 e. The highest BCUT2D eigenvalue weighted by Crippen LogP contribution is 2.33. The van der Waals surface area contributed by atoms with Crippen molar-refractivity contribution in [3.8, 4) is 0 Å². The number of piperazine rings is 1. The van der Waals surface area contributed by atoms with Crippen molar-refractivity contribution >= 4 is 64.4 Å². The molecular formula is C13H11F3IN3O2S2. The Morgan fingerprint density at radius 2 is 2.00 bits per heavy atom. The van der Waals surface area contributed by atoms with Gasteiger partial charge in [0.05, 0.1) is 10.6 Å². The fourth-order valence-electron chi connectivity index (χ4n) is 2.32. The van der Waals surface area contributed by atoms with E-state index in [-0.39, 0.29) is 0 Å². The maximum absolute atomic E-state index is 12.8. The second kappa shape index (κ2) is 7.22. The van der Waals surface area contributed by atoms with Crippen LogP contribution in [0, 0.1) is 0 Å². The first-order valence-electron chi connectivity index (χ1n) is 6.85. The Hall–Kier alpha value is -0.790. The lowest BCUT2D eigenvalue weighted by atomic mass is 10.1. The summed E-state index contributed by atoms with van der Waals surface area (Å²) >= 11 is 3.58. The summed E-state index contributed by atoms with van der Waals surface area (Å²) in [7, 11) is 1.67. The number of carbonyl (C=O) groups is 1. The Balaban J connectivity index is 1.76.